The lowest BCUT2D eigenvalue weighted by Gasteiger charge is -2.21. The molecule has 21 heavy (non-hydrogen) atoms. The van der Waals surface area contributed by atoms with Gasteiger partial charge < -0.3 is 14.8 Å². The monoisotopic (exact) mass is 303 g/mol. The van der Waals surface area contributed by atoms with Crippen LogP contribution in [0.4, 0.5) is 0 Å². The first-order chi connectivity index (χ1) is 10.1. The molecule has 0 fully saturated rings. The Labute approximate surface area is 129 Å². The van der Waals surface area contributed by atoms with Crippen LogP contribution in [-0.2, 0) is 6.54 Å². The molecule has 0 amide bonds. The molecular weight excluding hydrogens is 282 g/mol. The summed E-state index contributed by atoms with van der Waals surface area (Å²) in [5, 5.41) is 3.58. The van der Waals surface area contributed by atoms with E-state index in [0.29, 0.717) is 13.2 Å². The second-order valence-electron chi connectivity index (χ2n) is 5.46. The Balaban J connectivity index is 1.66. The first kappa shape index (κ1) is 14.4. The van der Waals surface area contributed by atoms with Gasteiger partial charge in [0, 0.05) is 22.3 Å². The highest BCUT2D eigenvalue weighted by Crippen LogP contribution is 2.32. The summed E-state index contributed by atoms with van der Waals surface area (Å²) in [6.45, 7) is 8.68. The van der Waals surface area contributed by atoms with Crippen molar-refractivity contribution in [1.29, 1.82) is 0 Å². The Morgan fingerprint density at radius 2 is 1.90 bits per heavy atom. The molecule has 0 spiro atoms. The van der Waals surface area contributed by atoms with Crippen LogP contribution in [-0.4, -0.2) is 13.2 Å². The molecule has 0 saturated carbocycles. The molecule has 2 aromatic rings. The van der Waals surface area contributed by atoms with E-state index in [1.807, 2.05) is 17.4 Å². The third-order valence-corrected chi connectivity index (χ3v) is 5.02. The van der Waals surface area contributed by atoms with Gasteiger partial charge in [0.2, 0.25) is 0 Å². The SMILES string of the molecule is Cc1cc(CNC(C)c2ccc3c(c2)OCCO3)sc1C. The smallest absolute Gasteiger partial charge is 0.161 e. The predicted octanol–water partition coefficient (Wildman–Crippen LogP) is 3.99. The molecule has 2 heterocycles. The second kappa shape index (κ2) is 6.08. The van der Waals surface area contributed by atoms with Crippen LogP contribution in [0.1, 0.15) is 33.8 Å². The molecule has 0 saturated heterocycles. The van der Waals surface area contributed by atoms with Crippen molar-refractivity contribution in [3.05, 3.63) is 45.1 Å². The summed E-state index contributed by atoms with van der Waals surface area (Å²) in [6.07, 6.45) is 0. The number of nitrogens with one attached hydrogen (secondary N) is 1. The summed E-state index contributed by atoms with van der Waals surface area (Å²) < 4.78 is 11.2. The van der Waals surface area contributed by atoms with Crippen LogP contribution in [0.2, 0.25) is 0 Å². The predicted molar refractivity (Wildman–Crippen MR) is 86.5 cm³/mol. The normalized spacial score (nSPS) is 15.0. The molecule has 1 aliphatic heterocycles. The Hall–Kier alpha value is -1.52. The zero-order chi connectivity index (χ0) is 14.8. The summed E-state index contributed by atoms with van der Waals surface area (Å²) in [4.78, 5) is 2.79. The fourth-order valence-corrected chi connectivity index (χ4v) is 3.44. The number of aryl methyl sites for hydroxylation is 2. The van der Waals surface area contributed by atoms with E-state index in [1.54, 1.807) is 0 Å². The molecule has 1 unspecified atom stereocenters. The molecule has 0 aliphatic carbocycles. The molecule has 1 aromatic heterocycles. The van der Waals surface area contributed by atoms with E-state index < -0.39 is 0 Å². The molecular formula is C17H21NO2S. The van der Waals surface area contributed by atoms with Gasteiger partial charge in [0.15, 0.2) is 11.5 Å². The standard InChI is InChI=1S/C17H21NO2S/c1-11-8-15(21-13(11)3)10-18-12(2)14-4-5-16-17(9-14)20-7-6-19-16/h4-5,8-9,12,18H,6-7,10H2,1-3H3. The van der Waals surface area contributed by atoms with Gasteiger partial charge in [-0.25, -0.2) is 0 Å². The average molecular weight is 303 g/mol. The van der Waals surface area contributed by atoms with E-state index in [2.05, 4.69) is 44.3 Å². The van der Waals surface area contributed by atoms with E-state index >= 15 is 0 Å². The van der Waals surface area contributed by atoms with Crippen molar-refractivity contribution in [2.24, 2.45) is 0 Å². The molecule has 0 bridgehead atoms. The van der Waals surface area contributed by atoms with Crippen LogP contribution < -0.4 is 14.8 Å². The molecule has 4 heteroatoms. The van der Waals surface area contributed by atoms with E-state index in [9.17, 15) is 0 Å². The lowest BCUT2D eigenvalue weighted by atomic mass is 10.1. The molecule has 1 N–H and O–H groups in total. The zero-order valence-corrected chi connectivity index (χ0v) is 13.5. The van der Waals surface area contributed by atoms with Crippen molar-refractivity contribution in [2.45, 2.75) is 33.4 Å². The fourth-order valence-electron chi connectivity index (χ4n) is 2.44. The van der Waals surface area contributed by atoms with Crippen molar-refractivity contribution in [3.8, 4) is 11.5 Å². The van der Waals surface area contributed by atoms with Crippen LogP contribution in [0.3, 0.4) is 0 Å². The first-order valence-corrected chi connectivity index (χ1v) is 8.14. The van der Waals surface area contributed by atoms with Crippen molar-refractivity contribution >= 4 is 11.3 Å². The third kappa shape index (κ3) is 3.22. The highest BCUT2D eigenvalue weighted by molar-refractivity contribution is 7.12. The van der Waals surface area contributed by atoms with Crippen molar-refractivity contribution in [1.82, 2.24) is 5.32 Å². The summed E-state index contributed by atoms with van der Waals surface area (Å²) in [5.74, 6) is 1.71. The van der Waals surface area contributed by atoms with Gasteiger partial charge >= 0.3 is 0 Å². The van der Waals surface area contributed by atoms with Crippen LogP contribution in [0.15, 0.2) is 24.3 Å². The van der Waals surface area contributed by atoms with Crippen molar-refractivity contribution < 1.29 is 9.47 Å². The van der Waals surface area contributed by atoms with Gasteiger partial charge in [-0.05, 0) is 50.1 Å². The van der Waals surface area contributed by atoms with E-state index in [0.717, 1.165) is 18.0 Å². The molecule has 3 rings (SSSR count). The van der Waals surface area contributed by atoms with Gasteiger partial charge in [-0.2, -0.15) is 0 Å². The number of hydrogen-bond donors (Lipinski definition) is 1. The Kier molecular flexibility index (Phi) is 4.17. The van der Waals surface area contributed by atoms with Crippen LogP contribution in [0.25, 0.3) is 0 Å². The minimum Gasteiger partial charge on any atom is -0.486 e. The molecule has 1 aliphatic rings. The quantitative estimate of drug-likeness (QED) is 0.926. The van der Waals surface area contributed by atoms with Gasteiger partial charge in [0.25, 0.3) is 0 Å². The number of rotatable bonds is 4. The maximum atomic E-state index is 5.65. The van der Waals surface area contributed by atoms with Crippen molar-refractivity contribution in [2.75, 3.05) is 13.2 Å². The lowest BCUT2D eigenvalue weighted by molar-refractivity contribution is 0.171. The largest absolute Gasteiger partial charge is 0.486 e. The third-order valence-electron chi connectivity index (χ3n) is 3.87. The number of fused-ring (bicyclic) bond motifs is 1. The molecule has 0 radical (unpaired) electrons. The highest BCUT2D eigenvalue weighted by atomic mass is 32.1. The first-order valence-electron chi connectivity index (χ1n) is 7.32. The minimum atomic E-state index is 0.281. The Bertz CT molecular complexity index is 616. The highest BCUT2D eigenvalue weighted by Gasteiger charge is 2.14. The summed E-state index contributed by atoms with van der Waals surface area (Å²) in [7, 11) is 0. The maximum Gasteiger partial charge on any atom is 0.161 e. The van der Waals surface area contributed by atoms with E-state index in [-0.39, 0.29) is 6.04 Å². The summed E-state index contributed by atoms with van der Waals surface area (Å²) in [5.41, 5.74) is 2.60. The lowest BCUT2D eigenvalue weighted by Crippen LogP contribution is -2.19. The topological polar surface area (TPSA) is 30.5 Å². The molecule has 1 aromatic carbocycles. The van der Waals surface area contributed by atoms with E-state index in [4.69, 9.17) is 9.47 Å². The van der Waals surface area contributed by atoms with Crippen LogP contribution >= 0.6 is 11.3 Å². The van der Waals surface area contributed by atoms with Gasteiger partial charge in [0.1, 0.15) is 13.2 Å². The molecule has 3 nitrogen and oxygen atoms in total. The number of ether oxygens (including phenoxy) is 2. The fraction of sp³-hybridized carbons (Fsp3) is 0.412. The van der Waals surface area contributed by atoms with Crippen LogP contribution in [0.5, 0.6) is 11.5 Å². The zero-order valence-electron chi connectivity index (χ0n) is 12.7. The average Bonchev–Trinajstić information content (AvgIpc) is 2.83. The summed E-state index contributed by atoms with van der Waals surface area (Å²) in [6, 6.07) is 8.74. The van der Waals surface area contributed by atoms with Crippen molar-refractivity contribution in [3.63, 3.8) is 0 Å². The van der Waals surface area contributed by atoms with Gasteiger partial charge in [0.05, 0.1) is 0 Å². The number of thiophene rings is 1. The number of benzene rings is 1. The Morgan fingerprint density at radius 1 is 1.14 bits per heavy atom. The second-order valence-corrected chi connectivity index (χ2v) is 6.80. The van der Waals surface area contributed by atoms with Gasteiger partial charge in [-0.1, -0.05) is 6.07 Å². The van der Waals surface area contributed by atoms with Crippen LogP contribution in [0, 0.1) is 13.8 Å². The Morgan fingerprint density at radius 3 is 2.62 bits per heavy atom. The minimum absolute atomic E-state index is 0.281. The molecule has 112 valence electrons. The van der Waals surface area contributed by atoms with Gasteiger partial charge in [-0.15, -0.1) is 11.3 Å². The molecule has 1 atom stereocenters. The van der Waals surface area contributed by atoms with E-state index in [1.165, 1.54) is 20.9 Å². The van der Waals surface area contributed by atoms with Gasteiger partial charge in [-0.3, -0.25) is 0 Å². The maximum absolute atomic E-state index is 5.65. The summed E-state index contributed by atoms with van der Waals surface area (Å²) >= 11 is 1.87. The number of hydrogen-bond acceptors (Lipinski definition) is 4.